The molecule has 0 radical (unpaired) electrons. The Bertz CT molecular complexity index is 586. The molecule has 4 N–H and O–H groups in total. The number of rotatable bonds is 2. The molecule has 5 nitrogen and oxygen atoms in total. The van der Waals surface area contributed by atoms with E-state index < -0.39 is 0 Å². The third-order valence-electron chi connectivity index (χ3n) is 4.70. The highest BCUT2D eigenvalue weighted by molar-refractivity contribution is 5.95. The molecule has 0 saturated heterocycles. The number of nitrogens with two attached hydrogens (primary N) is 2. The van der Waals surface area contributed by atoms with Crippen LogP contribution in [0.1, 0.15) is 49.7 Å². The van der Waals surface area contributed by atoms with Crippen molar-refractivity contribution in [3.05, 3.63) is 35.4 Å². The summed E-state index contributed by atoms with van der Waals surface area (Å²) in [5.41, 5.74) is 14.3. The lowest BCUT2D eigenvalue weighted by Crippen LogP contribution is -2.56. The van der Waals surface area contributed by atoms with E-state index in [9.17, 15) is 0 Å². The molecule has 2 aliphatic rings. The van der Waals surface area contributed by atoms with Gasteiger partial charge in [-0.2, -0.15) is 4.99 Å². The summed E-state index contributed by atoms with van der Waals surface area (Å²) in [5.74, 6) is 0.814. The van der Waals surface area contributed by atoms with Crippen molar-refractivity contribution in [3.63, 3.8) is 0 Å². The zero-order valence-electron chi connectivity index (χ0n) is 13.7. The van der Waals surface area contributed by atoms with Crippen LogP contribution in [0.2, 0.25) is 0 Å². The summed E-state index contributed by atoms with van der Waals surface area (Å²) in [4.78, 5) is 11.1. The van der Waals surface area contributed by atoms with E-state index in [2.05, 4.69) is 41.1 Å². The number of aliphatic imine (C=N–C) groups is 2. The average Bonchev–Trinajstić information content (AvgIpc) is 2.71. The van der Waals surface area contributed by atoms with Crippen molar-refractivity contribution in [1.29, 1.82) is 0 Å². The lowest BCUT2D eigenvalue weighted by atomic mass is 9.97. The Hall–Kier alpha value is -1.75. The number of hydrogen-bond acceptors (Lipinski definition) is 5. The van der Waals surface area contributed by atoms with Crippen LogP contribution in [0.3, 0.4) is 0 Å². The number of halogens is 1. The van der Waals surface area contributed by atoms with Crippen LogP contribution < -0.4 is 11.5 Å². The minimum atomic E-state index is -0.308. The van der Waals surface area contributed by atoms with Gasteiger partial charge in [0, 0.05) is 6.54 Å². The molecule has 6 heteroatoms. The van der Waals surface area contributed by atoms with E-state index in [1.165, 1.54) is 24.0 Å². The van der Waals surface area contributed by atoms with Crippen molar-refractivity contribution in [3.8, 4) is 0 Å². The first-order valence-electron chi connectivity index (χ1n) is 8.12. The summed E-state index contributed by atoms with van der Waals surface area (Å²) in [6.45, 7) is 2.82. The zero-order chi connectivity index (χ0) is 15.6. The lowest BCUT2D eigenvalue weighted by Gasteiger charge is -2.43. The second kappa shape index (κ2) is 7.21. The summed E-state index contributed by atoms with van der Waals surface area (Å²) in [5, 5.41) is 0. The molecule has 3 rings (SSSR count). The van der Waals surface area contributed by atoms with Gasteiger partial charge in [-0.15, -0.1) is 12.4 Å². The fourth-order valence-corrected chi connectivity index (χ4v) is 3.47. The molecule has 0 atom stereocenters. The highest BCUT2D eigenvalue weighted by Gasteiger charge is 2.40. The maximum atomic E-state index is 6.22. The van der Waals surface area contributed by atoms with Crippen LogP contribution in [-0.4, -0.2) is 22.5 Å². The first kappa shape index (κ1) is 17.6. The maximum Gasteiger partial charge on any atom is 0.220 e. The molecule has 0 amide bonds. The van der Waals surface area contributed by atoms with Crippen molar-refractivity contribution in [2.45, 2.75) is 57.7 Å². The Morgan fingerprint density at radius 1 is 1.04 bits per heavy atom. The minimum absolute atomic E-state index is 0. The molecular weight excluding hydrogens is 310 g/mol. The van der Waals surface area contributed by atoms with Crippen LogP contribution in [0.5, 0.6) is 0 Å². The van der Waals surface area contributed by atoms with E-state index in [1.54, 1.807) is 0 Å². The number of benzene rings is 1. The molecule has 0 aromatic heterocycles. The Balaban J connectivity index is 0.00000192. The first-order valence-corrected chi connectivity index (χ1v) is 8.12. The molecule has 1 aliphatic carbocycles. The van der Waals surface area contributed by atoms with Gasteiger partial charge in [-0.25, -0.2) is 4.99 Å². The van der Waals surface area contributed by atoms with E-state index in [4.69, 9.17) is 16.5 Å². The minimum Gasteiger partial charge on any atom is -0.369 e. The molecule has 1 fully saturated rings. The van der Waals surface area contributed by atoms with Crippen molar-refractivity contribution in [1.82, 2.24) is 4.90 Å². The van der Waals surface area contributed by atoms with Crippen molar-refractivity contribution < 1.29 is 0 Å². The van der Waals surface area contributed by atoms with Crippen LogP contribution in [0.25, 0.3) is 0 Å². The molecular formula is C17H26ClN5. The molecule has 1 aromatic rings. The Kier molecular flexibility index (Phi) is 5.52. The summed E-state index contributed by atoms with van der Waals surface area (Å²) in [6.07, 6.45) is 6.83. The molecule has 1 aromatic carbocycles. The van der Waals surface area contributed by atoms with Gasteiger partial charge in [-0.3, -0.25) is 0 Å². The van der Waals surface area contributed by atoms with Crippen LogP contribution >= 0.6 is 12.4 Å². The van der Waals surface area contributed by atoms with E-state index in [1.807, 2.05) is 0 Å². The molecule has 0 unspecified atom stereocenters. The Morgan fingerprint density at radius 2 is 1.65 bits per heavy atom. The predicted octanol–water partition coefficient (Wildman–Crippen LogP) is 2.91. The van der Waals surface area contributed by atoms with E-state index >= 15 is 0 Å². The van der Waals surface area contributed by atoms with Crippen molar-refractivity contribution >= 4 is 24.3 Å². The summed E-state index contributed by atoms with van der Waals surface area (Å²) >= 11 is 0. The van der Waals surface area contributed by atoms with Crippen molar-refractivity contribution in [2.75, 3.05) is 0 Å². The SMILES string of the molecule is Cc1ccc(CN2C(N)=NC(N)=NC23CCCCCC3)cc1.Cl. The summed E-state index contributed by atoms with van der Waals surface area (Å²) in [6, 6.07) is 8.55. The average molecular weight is 336 g/mol. The maximum absolute atomic E-state index is 6.22. The number of hydrogen-bond donors (Lipinski definition) is 2. The lowest BCUT2D eigenvalue weighted by molar-refractivity contribution is 0.144. The number of guanidine groups is 2. The Morgan fingerprint density at radius 3 is 2.26 bits per heavy atom. The Labute approximate surface area is 144 Å². The highest BCUT2D eigenvalue weighted by Crippen LogP contribution is 2.36. The van der Waals surface area contributed by atoms with Gasteiger partial charge in [0.05, 0.1) is 0 Å². The predicted molar refractivity (Wildman–Crippen MR) is 97.6 cm³/mol. The molecule has 0 bridgehead atoms. The van der Waals surface area contributed by atoms with E-state index in [0.717, 1.165) is 32.2 Å². The molecule has 23 heavy (non-hydrogen) atoms. The standard InChI is InChI=1S/C17H25N5.ClH/c1-13-6-8-14(9-7-13)12-22-16(19)20-15(18)21-17(22)10-4-2-3-5-11-17;/h6-9H,2-5,10-12H2,1H3,(H4,18,19,20,21);1H. The summed E-state index contributed by atoms with van der Waals surface area (Å²) in [7, 11) is 0. The third-order valence-corrected chi connectivity index (χ3v) is 4.70. The van der Waals surface area contributed by atoms with Crippen molar-refractivity contribution in [2.24, 2.45) is 21.5 Å². The van der Waals surface area contributed by atoms with Crippen LogP contribution in [0.4, 0.5) is 0 Å². The van der Waals surface area contributed by atoms with Gasteiger partial charge in [0.25, 0.3) is 0 Å². The van der Waals surface area contributed by atoms with Gasteiger partial charge in [0.2, 0.25) is 11.9 Å². The van der Waals surface area contributed by atoms with Crippen LogP contribution in [0, 0.1) is 6.92 Å². The van der Waals surface area contributed by atoms with E-state index in [0.29, 0.717) is 11.9 Å². The molecule has 126 valence electrons. The van der Waals surface area contributed by atoms with Crippen LogP contribution in [0.15, 0.2) is 34.3 Å². The topological polar surface area (TPSA) is 80.0 Å². The highest BCUT2D eigenvalue weighted by atomic mass is 35.5. The van der Waals surface area contributed by atoms with Gasteiger partial charge in [0.1, 0.15) is 5.66 Å². The number of nitrogens with zero attached hydrogens (tertiary/aromatic N) is 3. The molecule has 1 heterocycles. The second-order valence-electron chi connectivity index (χ2n) is 6.41. The van der Waals surface area contributed by atoms with Gasteiger partial charge in [-0.05, 0) is 38.2 Å². The fraction of sp³-hybridized carbons (Fsp3) is 0.529. The van der Waals surface area contributed by atoms with Crippen LogP contribution in [-0.2, 0) is 6.54 Å². The first-order chi connectivity index (χ1) is 10.6. The fourth-order valence-electron chi connectivity index (χ4n) is 3.47. The van der Waals surface area contributed by atoms with Gasteiger partial charge in [0.15, 0.2) is 0 Å². The second-order valence-corrected chi connectivity index (χ2v) is 6.41. The van der Waals surface area contributed by atoms with Gasteiger partial charge < -0.3 is 16.4 Å². The zero-order valence-corrected chi connectivity index (χ0v) is 14.5. The number of aryl methyl sites for hydroxylation is 1. The monoisotopic (exact) mass is 335 g/mol. The molecule has 1 aliphatic heterocycles. The van der Waals surface area contributed by atoms with Gasteiger partial charge in [-0.1, -0.05) is 42.7 Å². The van der Waals surface area contributed by atoms with E-state index in [-0.39, 0.29) is 18.1 Å². The third kappa shape index (κ3) is 3.78. The summed E-state index contributed by atoms with van der Waals surface area (Å²) < 4.78 is 0. The normalized spacial score (nSPS) is 20.3. The quantitative estimate of drug-likeness (QED) is 0.872. The smallest absolute Gasteiger partial charge is 0.220 e. The molecule has 1 saturated carbocycles. The van der Waals surface area contributed by atoms with Gasteiger partial charge >= 0.3 is 0 Å². The largest absolute Gasteiger partial charge is 0.369 e. The molecule has 1 spiro atoms.